The molecule has 7 heteroatoms. The Morgan fingerprint density at radius 1 is 1.40 bits per heavy atom. The molecule has 1 aliphatic rings. The lowest BCUT2D eigenvalue weighted by atomic mass is 10.1. The Labute approximate surface area is 119 Å². The van der Waals surface area contributed by atoms with Gasteiger partial charge in [0.1, 0.15) is 4.90 Å². The summed E-state index contributed by atoms with van der Waals surface area (Å²) < 4.78 is 31.3. The lowest BCUT2D eigenvalue weighted by molar-refractivity contribution is 0.0247. The zero-order valence-electron chi connectivity index (χ0n) is 11.6. The number of ether oxygens (including phenoxy) is 1. The van der Waals surface area contributed by atoms with Crippen LogP contribution < -0.4 is 15.8 Å². The van der Waals surface area contributed by atoms with E-state index in [0.717, 1.165) is 25.1 Å². The number of anilines is 2. The van der Waals surface area contributed by atoms with Crippen LogP contribution in [-0.2, 0) is 14.8 Å². The number of nitrogen functional groups attached to an aromatic ring is 1. The van der Waals surface area contributed by atoms with E-state index in [1.807, 2.05) is 0 Å². The summed E-state index contributed by atoms with van der Waals surface area (Å²) in [5.41, 5.74) is 6.83. The van der Waals surface area contributed by atoms with Crippen LogP contribution in [0.5, 0.6) is 0 Å². The molecule has 1 saturated heterocycles. The van der Waals surface area contributed by atoms with E-state index in [9.17, 15) is 8.42 Å². The molecule has 2 rings (SSSR count). The van der Waals surface area contributed by atoms with Gasteiger partial charge in [-0.05, 0) is 44.5 Å². The zero-order valence-corrected chi connectivity index (χ0v) is 12.4. The Morgan fingerprint density at radius 3 is 2.80 bits per heavy atom. The molecule has 0 amide bonds. The lowest BCUT2D eigenvalue weighted by Crippen LogP contribution is -2.27. The summed E-state index contributed by atoms with van der Waals surface area (Å²) in [5.74, 6) is 0. The summed E-state index contributed by atoms with van der Waals surface area (Å²) in [6.45, 7) is 1.52. The van der Waals surface area contributed by atoms with Gasteiger partial charge in [-0.15, -0.1) is 0 Å². The maximum absolute atomic E-state index is 11.7. The van der Waals surface area contributed by atoms with Crippen LogP contribution in [0, 0.1) is 0 Å². The Morgan fingerprint density at radius 2 is 2.20 bits per heavy atom. The van der Waals surface area contributed by atoms with Crippen molar-refractivity contribution >= 4 is 21.4 Å². The van der Waals surface area contributed by atoms with Gasteiger partial charge in [0, 0.05) is 18.8 Å². The van der Waals surface area contributed by atoms with Crippen LogP contribution in [0.1, 0.15) is 19.3 Å². The summed E-state index contributed by atoms with van der Waals surface area (Å²) in [5, 5.41) is 3.23. The molecule has 6 nitrogen and oxygen atoms in total. The Bertz CT molecular complexity index is 554. The van der Waals surface area contributed by atoms with E-state index in [1.54, 1.807) is 12.1 Å². The molecular weight excluding hydrogens is 278 g/mol. The number of hydrogen-bond donors (Lipinski definition) is 3. The van der Waals surface area contributed by atoms with E-state index < -0.39 is 10.0 Å². The third-order valence-corrected chi connectivity index (χ3v) is 4.86. The third-order valence-electron chi connectivity index (χ3n) is 3.38. The number of rotatable bonds is 5. The fraction of sp³-hybridized carbons (Fsp3) is 0.538. The van der Waals surface area contributed by atoms with Crippen LogP contribution in [-0.4, -0.2) is 34.7 Å². The molecule has 1 atom stereocenters. The molecule has 1 heterocycles. The smallest absolute Gasteiger partial charge is 0.242 e. The summed E-state index contributed by atoms with van der Waals surface area (Å²) in [7, 11) is -2.15. The predicted molar refractivity (Wildman–Crippen MR) is 79.2 cm³/mol. The molecular formula is C13H21N3O3S. The Kier molecular flexibility index (Phi) is 4.85. The van der Waals surface area contributed by atoms with Crippen molar-refractivity contribution in [3.05, 3.63) is 18.2 Å². The second-order valence-corrected chi connectivity index (χ2v) is 6.68. The van der Waals surface area contributed by atoms with Crippen molar-refractivity contribution in [2.24, 2.45) is 0 Å². The first-order chi connectivity index (χ1) is 9.53. The van der Waals surface area contributed by atoms with E-state index in [1.165, 1.54) is 19.5 Å². The van der Waals surface area contributed by atoms with Crippen molar-refractivity contribution in [1.82, 2.24) is 4.72 Å². The van der Waals surface area contributed by atoms with E-state index in [0.29, 0.717) is 6.54 Å². The summed E-state index contributed by atoms with van der Waals surface area (Å²) in [4.78, 5) is 0.0967. The first kappa shape index (κ1) is 15.1. The molecule has 112 valence electrons. The first-order valence-corrected chi connectivity index (χ1v) is 8.20. The highest BCUT2D eigenvalue weighted by Gasteiger charge is 2.16. The summed E-state index contributed by atoms with van der Waals surface area (Å²) in [6, 6.07) is 4.85. The van der Waals surface area contributed by atoms with Crippen molar-refractivity contribution in [3.63, 3.8) is 0 Å². The molecule has 1 aromatic carbocycles. The number of nitrogens with one attached hydrogen (secondary N) is 2. The molecule has 1 aromatic rings. The second-order valence-electron chi connectivity index (χ2n) is 4.83. The van der Waals surface area contributed by atoms with Crippen LogP contribution in [0.2, 0.25) is 0 Å². The fourth-order valence-electron chi connectivity index (χ4n) is 2.21. The van der Waals surface area contributed by atoms with Gasteiger partial charge in [0.2, 0.25) is 10.0 Å². The largest absolute Gasteiger partial charge is 0.398 e. The SMILES string of the molecule is CNS(=O)(=O)c1ccc(NCC2CCCCO2)cc1N. The van der Waals surface area contributed by atoms with E-state index in [4.69, 9.17) is 10.5 Å². The van der Waals surface area contributed by atoms with Gasteiger partial charge in [0.15, 0.2) is 0 Å². The molecule has 0 aromatic heterocycles. The summed E-state index contributed by atoms with van der Waals surface area (Å²) in [6.07, 6.45) is 3.58. The van der Waals surface area contributed by atoms with Crippen molar-refractivity contribution in [1.29, 1.82) is 0 Å². The van der Waals surface area contributed by atoms with E-state index in [-0.39, 0.29) is 16.7 Å². The number of benzene rings is 1. The normalized spacial score (nSPS) is 19.8. The maximum atomic E-state index is 11.7. The molecule has 0 saturated carbocycles. The molecule has 0 spiro atoms. The fourth-order valence-corrected chi connectivity index (χ4v) is 3.05. The molecule has 4 N–H and O–H groups in total. The molecule has 0 bridgehead atoms. The van der Waals surface area contributed by atoms with Gasteiger partial charge in [-0.3, -0.25) is 0 Å². The molecule has 20 heavy (non-hydrogen) atoms. The maximum Gasteiger partial charge on any atom is 0.242 e. The highest BCUT2D eigenvalue weighted by Crippen LogP contribution is 2.22. The van der Waals surface area contributed by atoms with Crippen LogP contribution in [0.3, 0.4) is 0 Å². The third kappa shape index (κ3) is 3.62. The van der Waals surface area contributed by atoms with Crippen molar-refractivity contribution in [2.75, 3.05) is 31.2 Å². The number of sulfonamides is 1. The van der Waals surface area contributed by atoms with Gasteiger partial charge < -0.3 is 15.8 Å². The molecule has 1 aliphatic heterocycles. The topological polar surface area (TPSA) is 93.5 Å². The Balaban J connectivity index is 2.02. The van der Waals surface area contributed by atoms with Crippen LogP contribution in [0.25, 0.3) is 0 Å². The standard InChI is InChI=1S/C13H21N3O3S/c1-15-20(17,18)13-6-5-10(8-12(13)14)16-9-11-4-2-3-7-19-11/h5-6,8,11,15-16H,2-4,7,9,14H2,1H3. The van der Waals surface area contributed by atoms with Gasteiger partial charge in [-0.1, -0.05) is 0 Å². The predicted octanol–water partition coefficient (Wildman–Crippen LogP) is 1.16. The highest BCUT2D eigenvalue weighted by atomic mass is 32.2. The van der Waals surface area contributed by atoms with Crippen molar-refractivity contribution in [2.45, 2.75) is 30.3 Å². The Hall–Kier alpha value is -1.31. The minimum atomic E-state index is -3.51. The average molecular weight is 299 g/mol. The first-order valence-electron chi connectivity index (χ1n) is 6.71. The van der Waals surface area contributed by atoms with Crippen LogP contribution in [0.15, 0.2) is 23.1 Å². The highest BCUT2D eigenvalue weighted by molar-refractivity contribution is 7.89. The molecule has 0 aliphatic carbocycles. The monoisotopic (exact) mass is 299 g/mol. The minimum absolute atomic E-state index is 0.0967. The minimum Gasteiger partial charge on any atom is -0.398 e. The van der Waals surface area contributed by atoms with Gasteiger partial charge >= 0.3 is 0 Å². The van der Waals surface area contributed by atoms with Crippen LogP contribution in [0.4, 0.5) is 11.4 Å². The lowest BCUT2D eigenvalue weighted by Gasteiger charge is -2.23. The van der Waals surface area contributed by atoms with Crippen LogP contribution >= 0.6 is 0 Å². The van der Waals surface area contributed by atoms with Gasteiger partial charge in [0.25, 0.3) is 0 Å². The van der Waals surface area contributed by atoms with E-state index in [2.05, 4.69) is 10.0 Å². The zero-order chi connectivity index (χ0) is 14.6. The van der Waals surface area contributed by atoms with Crippen molar-refractivity contribution < 1.29 is 13.2 Å². The second kappa shape index (κ2) is 6.43. The van der Waals surface area contributed by atoms with Gasteiger partial charge in [-0.2, -0.15) is 0 Å². The van der Waals surface area contributed by atoms with E-state index >= 15 is 0 Å². The van der Waals surface area contributed by atoms with Gasteiger partial charge in [-0.25, -0.2) is 13.1 Å². The molecule has 1 unspecified atom stereocenters. The number of hydrogen-bond acceptors (Lipinski definition) is 5. The quantitative estimate of drug-likeness (QED) is 0.709. The molecule has 1 fully saturated rings. The molecule has 0 radical (unpaired) electrons. The number of nitrogens with two attached hydrogens (primary N) is 1. The van der Waals surface area contributed by atoms with Gasteiger partial charge in [0.05, 0.1) is 11.8 Å². The summed E-state index contributed by atoms with van der Waals surface area (Å²) >= 11 is 0. The average Bonchev–Trinajstić information content (AvgIpc) is 2.46. The van der Waals surface area contributed by atoms with Crippen molar-refractivity contribution in [3.8, 4) is 0 Å².